The molecule has 1 N–H and O–H groups in total. The van der Waals surface area contributed by atoms with Crippen LogP contribution in [0.15, 0.2) is 35.4 Å². The lowest BCUT2D eigenvalue weighted by Crippen LogP contribution is -2.32. The average Bonchev–Trinajstić information content (AvgIpc) is 2.85. The first kappa shape index (κ1) is 24.0. The first-order valence-electron chi connectivity index (χ1n) is 10.3. The molecule has 0 aromatic heterocycles. The van der Waals surface area contributed by atoms with E-state index < -0.39 is 0 Å². The smallest absolute Gasteiger partial charge is 0.187 e. The van der Waals surface area contributed by atoms with Crippen LogP contribution in [0.3, 0.4) is 0 Å². The summed E-state index contributed by atoms with van der Waals surface area (Å²) in [6.45, 7) is 0.816. The van der Waals surface area contributed by atoms with Crippen molar-refractivity contribution in [1.82, 2.24) is 5.32 Å². The van der Waals surface area contributed by atoms with Crippen molar-refractivity contribution in [2.45, 2.75) is 0 Å². The van der Waals surface area contributed by atoms with Crippen LogP contribution in [0.5, 0.6) is 34.5 Å². The number of Topliss-reactive ketones (excluding diaryl/α,β-unsaturated/α-hetero) is 1. The van der Waals surface area contributed by atoms with Crippen LogP contribution >= 0.6 is 0 Å². The lowest BCUT2D eigenvalue weighted by Gasteiger charge is -2.20. The molecule has 0 aliphatic carbocycles. The van der Waals surface area contributed by atoms with Crippen LogP contribution < -0.4 is 33.7 Å². The van der Waals surface area contributed by atoms with Gasteiger partial charge in [0.1, 0.15) is 34.5 Å². The number of hydrogen-bond acceptors (Lipinski definition) is 8. The number of ketones is 1. The Morgan fingerprint density at radius 1 is 0.606 bits per heavy atom. The molecule has 2 aromatic carbocycles. The maximum Gasteiger partial charge on any atom is 0.187 e. The topological polar surface area (TPSA) is 84.5 Å². The second kappa shape index (κ2) is 10.8. The highest BCUT2D eigenvalue weighted by Gasteiger charge is 2.23. The molecule has 1 aliphatic heterocycles. The Kier molecular flexibility index (Phi) is 7.84. The number of hydrogen-bond donors (Lipinski definition) is 1. The zero-order valence-electron chi connectivity index (χ0n) is 19.7. The van der Waals surface area contributed by atoms with E-state index in [1.165, 1.54) is 0 Å². The third-order valence-electron chi connectivity index (χ3n) is 5.36. The molecule has 1 fully saturated rings. The second-order valence-corrected chi connectivity index (χ2v) is 7.16. The first-order chi connectivity index (χ1) is 16.0. The molecule has 8 nitrogen and oxygen atoms in total. The summed E-state index contributed by atoms with van der Waals surface area (Å²) < 4.78 is 32.7. The van der Waals surface area contributed by atoms with Crippen molar-refractivity contribution in [2.75, 3.05) is 55.7 Å². The van der Waals surface area contributed by atoms with Gasteiger partial charge in [0, 0.05) is 48.5 Å². The number of ether oxygens (including phenoxy) is 6. The third kappa shape index (κ3) is 5.06. The fourth-order valence-corrected chi connectivity index (χ4v) is 3.63. The predicted molar refractivity (Wildman–Crippen MR) is 126 cm³/mol. The average molecular weight is 456 g/mol. The van der Waals surface area contributed by atoms with Gasteiger partial charge in [0.05, 0.1) is 53.8 Å². The number of rotatable bonds is 8. The summed E-state index contributed by atoms with van der Waals surface area (Å²) in [7, 11) is 9.38. The van der Waals surface area contributed by atoms with Gasteiger partial charge in [-0.1, -0.05) is 0 Å². The first-order valence-corrected chi connectivity index (χ1v) is 10.3. The zero-order valence-corrected chi connectivity index (χ0v) is 19.7. The molecule has 0 bridgehead atoms. The van der Waals surface area contributed by atoms with E-state index in [0.29, 0.717) is 69.9 Å². The molecule has 1 aliphatic rings. The summed E-state index contributed by atoms with van der Waals surface area (Å²) in [5.41, 5.74) is 2.46. The van der Waals surface area contributed by atoms with E-state index in [9.17, 15) is 4.79 Å². The van der Waals surface area contributed by atoms with E-state index in [2.05, 4.69) is 5.32 Å². The number of benzene rings is 2. The highest BCUT2D eigenvalue weighted by atomic mass is 16.5. The lowest BCUT2D eigenvalue weighted by molar-refractivity contribution is -0.112. The molecule has 0 spiro atoms. The van der Waals surface area contributed by atoms with Crippen LogP contribution in [-0.2, 0) is 4.79 Å². The molecule has 0 radical (unpaired) electrons. The Labute approximate surface area is 193 Å². The van der Waals surface area contributed by atoms with Gasteiger partial charge in [-0.3, -0.25) is 4.79 Å². The molecule has 3 rings (SSSR count). The molecule has 2 aromatic rings. The molecule has 0 atom stereocenters. The Morgan fingerprint density at radius 2 is 0.939 bits per heavy atom. The van der Waals surface area contributed by atoms with E-state index in [4.69, 9.17) is 28.4 Å². The molecular weight excluding hydrogens is 426 g/mol. The summed E-state index contributed by atoms with van der Waals surface area (Å²) in [5, 5.41) is 3.28. The van der Waals surface area contributed by atoms with Crippen LogP contribution in [0, 0.1) is 0 Å². The molecule has 176 valence electrons. The standard InChI is InChI=1S/C25H29NO7/c1-28-17-9-21(30-3)19(22(10-17)31-4)7-15-13-26-14-16(25(15)27)8-20-23(32-5)11-18(29-2)12-24(20)33-6/h7-12,26H,13-14H2,1-6H3/b15-7+,16-8+. The minimum Gasteiger partial charge on any atom is -0.496 e. The second-order valence-electron chi connectivity index (χ2n) is 7.16. The normalized spacial score (nSPS) is 16.0. The van der Waals surface area contributed by atoms with Gasteiger partial charge in [-0.15, -0.1) is 0 Å². The molecule has 0 saturated carbocycles. The Balaban J connectivity index is 2.06. The molecule has 1 heterocycles. The number of methoxy groups -OCH3 is 6. The fourth-order valence-electron chi connectivity index (χ4n) is 3.63. The van der Waals surface area contributed by atoms with Crippen molar-refractivity contribution in [1.29, 1.82) is 0 Å². The van der Waals surface area contributed by atoms with Crippen LogP contribution in [0.1, 0.15) is 11.1 Å². The SMILES string of the molecule is COc1cc(OC)c(/C=C2\CNC/C(=C\c3c(OC)cc(OC)cc3OC)C2=O)c(OC)c1. The summed E-state index contributed by atoms with van der Waals surface area (Å²) in [4.78, 5) is 13.4. The van der Waals surface area contributed by atoms with E-state index in [1.54, 1.807) is 79.1 Å². The van der Waals surface area contributed by atoms with Crippen LogP contribution in [0.25, 0.3) is 12.2 Å². The maximum absolute atomic E-state index is 13.4. The van der Waals surface area contributed by atoms with Crippen molar-refractivity contribution in [3.05, 3.63) is 46.5 Å². The molecule has 0 amide bonds. The summed E-state index contributed by atoms with van der Waals surface area (Å²) in [6, 6.07) is 7.00. The molecule has 1 saturated heterocycles. The van der Waals surface area contributed by atoms with E-state index >= 15 is 0 Å². The van der Waals surface area contributed by atoms with Crippen molar-refractivity contribution in [3.63, 3.8) is 0 Å². The minimum atomic E-state index is -0.0893. The van der Waals surface area contributed by atoms with Crippen molar-refractivity contribution in [2.24, 2.45) is 0 Å². The van der Waals surface area contributed by atoms with E-state index in [-0.39, 0.29) is 5.78 Å². The van der Waals surface area contributed by atoms with Crippen molar-refractivity contribution in [3.8, 4) is 34.5 Å². The molecule has 8 heteroatoms. The van der Waals surface area contributed by atoms with Gasteiger partial charge in [-0.2, -0.15) is 0 Å². The number of carbonyl (C=O) groups is 1. The Hall–Kier alpha value is -3.65. The minimum absolute atomic E-state index is 0.0893. The Morgan fingerprint density at radius 3 is 1.21 bits per heavy atom. The summed E-state index contributed by atoms with van der Waals surface area (Å²) in [6.07, 6.45) is 3.56. The van der Waals surface area contributed by atoms with Gasteiger partial charge < -0.3 is 33.7 Å². The molecular formula is C25H29NO7. The maximum atomic E-state index is 13.4. The highest BCUT2D eigenvalue weighted by Crippen LogP contribution is 2.38. The molecule has 0 unspecified atom stereocenters. The Bertz CT molecular complexity index is 955. The monoisotopic (exact) mass is 455 g/mol. The van der Waals surface area contributed by atoms with Gasteiger partial charge in [-0.25, -0.2) is 0 Å². The number of nitrogens with one attached hydrogen (secondary N) is 1. The fraction of sp³-hybridized carbons (Fsp3) is 0.320. The van der Waals surface area contributed by atoms with Crippen LogP contribution in [0.4, 0.5) is 0 Å². The molecule has 33 heavy (non-hydrogen) atoms. The van der Waals surface area contributed by atoms with Gasteiger partial charge in [0.15, 0.2) is 5.78 Å². The summed E-state index contributed by atoms with van der Waals surface area (Å²) >= 11 is 0. The van der Waals surface area contributed by atoms with E-state index in [1.807, 2.05) is 0 Å². The largest absolute Gasteiger partial charge is 0.496 e. The number of carbonyl (C=O) groups excluding carboxylic acids is 1. The van der Waals surface area contributed by atoms with Crippen LogP contribution in [0.2, 0.25) is 0 Å². The van der Waals surface area contributed by atoms with Crippen molar-refractivity contribution >= 4 is 17.9 Å². The predicted octanol–water partition coefficient (Wildman–Crippen LogP) is 3.38. The van der Waals surface area contributed by atoms with Gasteiger partial charge in [0.25, 0.3) is 0 Å². The van der Waals surface area contributed by atoms with Gasteiger partial charge >= 0.3 is 0 Å². The quantitative estimate of drug-likeness (QED) is 0.607. The highest BCUT2D eigenvalue weighted by molar-refractivity contribution is 6.15. The van der Waals surface area contributed by atoms with E-state index in [0.717, 1.165) is 0 Å². The lowest BCUT2D eigenvalue weighted by atomic mass is 9.94. The zero-order chi connectivity index (χ0) is 24.0. The third-order valence-corrected chi connectivity index (χ3v) is 5.36. The number of piperidine rings is 1. The van der Waals surface area contributed by atoms with Gasteiger partial charge in [-0.05, 0) is 12.2 Å². The summed E-state index contributed by atoms with van der Waals surface area (Å²) in [5.74, 6) is 3.27. The van der Waals surface area contributed by atoms with Crippen LogP contribution in [-0.4, -0.2) is 61.5 Å². The van der Waals surface area contributed by atoms with Crippen molar-refractivity contribution < 1.29 is 33.2 Å². The van der Waals surface area contributed by atoms with Gasteiger partial charge in [0.2, 0.25) is 0 Å².